The molecule has 0 spiro atoms. The van der Waals surface area contributed by atoms with Crippen molar-refractivity contribution in [2.75, 3.05) is 53.4 Å². The Labute approximate surface area is 149 Å². The van der Waals surface area contributed by atoms with E-state index in [9.17, 15) is 20.1 Å². The molecule has 0 radical (unpaired) electrons. The molecule has 148 valence electrons. The van der Waals surface area contributed by atoms with Crippen molar-refractivity contribution >= 4 is 5.97 Å². The van der Waals surface area contributed by atoms with Crippen LogP contribution in [0.25, 0.3) is 0 Å². The molecule has 5 N–H and O–H groups in total. The Bertz CT molecular complexity index is 361. The molecule has 1 heterocycles. The number of aliphatic hydroxyl groups is 2. The summed E-state index contributed by atoms with van der Waals surface area (Å²) >= 11 is 0. The van der Waals surface area contributed by atoms with E-state index in [1.807, 2.05) is 4.90 Å². The van der Waals surface area contributed by atoms with Gasteiger partial charge < -0.3 is 30.1 Å². The number of likely N-dealkylation sites (tertiary alicyclic amines) is 1. The largest absolute Gasteiger partial charge is 0.480 e. The molecule has 0 saturated carbocycles. The fraction of sp³-hybridized carbons (Fsp3) is 0.938. The van der Waals surface area contributed by atoms with Crippen molar-refractivity contribution in [3.8, 4) is 0 Å². The maximum Gasteiger partial charge on any atom is 0.320 e. The summed E-state index contributed by atoms with van der Waals surface area (Å²) in [7, 11) is 1.75. The van der Waals surface area contributed by atoms with Crippen molar-refractivity contribution in [2.24, 2.45) is 0 Å². The van der Waals surface area contributed by atoms with Gasteiger partial charge in [0.05, 0.1) is 45.4 Å². The van der Waals surface area contributed by atoms with Crippen LogP contribution in [0.4, 0.5) is 0 Å². The summed E-state index contributed by atoms with van der Waals surface area (Å²) in [6.45, 7) is 1.91. The third-order valence-electron chi connectivity index (χ3n) is 4.17. The van der Waals surface area contributed by atoms with E-state index in [4.69, 9.17) is 9.47 Å². The number of nitrogens with one attached hydrogen (secondary N) is 2. The van der Waals surface area contributed by atoms with Crippen LogP contribution in [0.3, 0.4) is 0 Å². The molecule has 3 atom stereocenters. The van der Waals surface area contributed by atoms with Gasteiger partial charge in [0.15, 0.2) is 0 Å². The first-order valence-electron chi connectivity index (χ1n) is 8.87. The Morgan fingerprint density at radius 3 is 2.76 bits per heavy atom. The summed E-state index contributed by atoms with van der Waals surface area (Å²) in [5, 5.41) is 34.0. The number of carboxylic acids is 1. The van der Waals surface area contributed by atoms with Crippen molar-refractivity contribution in [3.63, 3.8) is 0 Å². The van der Waals surface area contributed by atoms with Gasteiger partial charge in [-0.3, -0.25) is 15.0 Å². The second-order valence-electron chi connectivity index (χ2n) is 6.33. The zero-order chi connectivity index (χ0) is 18.5. The van der Waals surface area contributed by atoms with Gasteiger partial charge in [-0.15, -0.1) is 0 Å². The zero-order valence-corrected chi connectivity index (χ0v) is 15.0. The van der Waals surface area contributed by atoms with Gasteiger partial charge >= 0.3 is 5.97 Å². The van der Waals surface area contributed by atoms with Gasteiger partial charge in [0, 0.05) is 13.1 Å². The van der Waals surface area contributed by atoms with Crippen molar-refractivity contribution in [1.29, 1.82) is 0 Å². The van der Waals surface area contributed by atoms with Crippen LogP contribution in [0, 0.1) is 0 Å². The lowest BCUT2D eigenvalue weighted by atomic mass is 10.1. The van der Waals surface area contributed by atoms with Gasteiger partial charge in [-0.2, -0.15) is 0 Å². The molecule has 25 heavy (non-hydrogen) atoms. The third kappa shape index (κ3) is 9.45. The zero-order valence-electron chi connectivity index (χ0n) is 15.0. The minimum atomic E-state index is -0.809. The molecule has 1 rings (SSSR count). The number of carboxylic acid groups (broad SMARTS) is 1. The van der Waals surface area contributed by atoms with Crippen LogP contribution >= 0.6 is 0 Å². The van der Waals surface area contributed by atoms with E-state index in [-0.39, 0.29) is 39.3 Å². The SMILES string of the molecule is CNCC(O)COCNC(CO)COCN1CCCCCC1C(=O)O. The van der Waals surface area contributed by atoms with E-state index in [0.29, 0.717) is 19.5 Å². The average Bonchev–Trinajstić information content (AvgIpc) is 2.83. The topological polar surface area (TPSA) is 124 Å². The molecule has 0 amide bonds. The molecule has 0 bridgehead atoms. The minimum Gasteiger partial charge on any atom is -0.480 e. The van der Waals surface area contributed by atoms with Crippen molar-refractivity contribution in [3.05, 3.63) is 0 Å². The Balaban J connectivity index is 2.23. The molecular formula is C16H33N3O6. The van der Waals surface area contributed by atoms with E-state index in [1.54, 1.807) is 7.05 Å². The Morgan fingerprint density at radius 2 is 2.08 bits per heavy atom. The molecule has 1 aliphatic rings. The fourth-order valence-electron chi connectivity index (χ4n) is 2.76. The first-order valence-corrected chi connectivity index (χ1v) is 8.87. The summed E-state index contributed by atoms with van der Waals surface area (Å²) < 4.78 is 10.9. The van der Waals surface area contributed by atoms with Crippen LogP contribution in [0.2, 0.25) is 0 Å². The van der Waals surface area contributed by atoms with Crippen LogP contribution in [0.15, 0.2) is 0 Å². The Morgan fingerprint density at radius 1 is 1.28 bits per heavy atom. The number of nitrogens with zero attached hydrogens (tertiary/aromatic N) is 1. The van der Waals surface area contributed by atoms with E-state index >= 15 is 0 Å². The van der Waals surface area contributed by atoms with Gasteiger partial charge in [-0.25, -0.2) is 0 Å². The minimum absolute atomic E-state index is 0.120. The quantitative estimate of drug-likeness (QED) is 0.203. The summed E-state index contributed by atoms with van der Waals surface area (Å²) in [5.41, 5.74) is 0. The molecule has 1 saturated heterocycles. The number of hydrogen-bond acceptors (Lipinski definition) is 8. The predicted molar refractivity (Wildman–Crippen MR) is 92.2 cm³/mol. The standard InChI is InChI=1S/C16H33N3O6/c1-17-7-14(21)10-24-11-18-13(8-20)9-25-12-19-6-4-2-3-5-15(19)16(22)23/h13-15,17-18,20-21H,2-12H2,1H3,(H,22,23). The number of likely N-dealkylation sites (N-methyl/N-ethyl adjacent to an activating group) is 1. The van der Waals surface area contributed by atoms with Crippen LogP contribution in [0.5, 0.6) is 0 Å². The lowest BCUT2D eigenvalue weighted by molar-refractivity contribution is -0.146. The lowest BCUT2D eigenvalue weighted by Gasteiger charge is -2.27. The second-order valence-corrected chi connectivity index (χ2v) is 6.33. The number of ether oxygens (including phenoxy) is 2. The van der Waals surface area contributed by atoms with E-state index in [1.165, 1.54) is 0 Å². The molecule has 0 aromatic rings. The normalized spacial score (nSPS) is 21.6. The van der Waals surface area contributed by atoms with Crippen LogP contribution < -0.4 is 10.6 Å². The smallest absolute Gasteiger partial charge is 0.320 e. The molecule has 9 nitrogen and oxygen atoms in total. The second kappa shape index (κ2) is 13.4. The van der Waals surface area contributed by atoms with E-state index in [2.05, 4.69) is 10.6 Å². The van der Waals surface area contributed by atoms with Gasteiger partial charge in [0.2, 0.25) is 0 Å². The van der Waals surface area contributed by atoms with Crippen molar-refractivity contribution < 1.29 is 29.6 Å². The highest BCUT2D eigenvalue weighted by Gasteiger charge is 2.27. The fourth-order valence-corrected chi connectivity index (χ4v) is 2.76. The Hall–Kier alpha value is -0.810. The monoisotopic (exact) mass is 363 g/mol. The lowest BCUT2D eigenvalue weighted by Crippen LogP contribution is -2.44. The van der Waals surface area contributed by atoms with Crippen LogP contribution in [-0.4, -0.2) is 97.8 Å². The van der Waals surface area contributed by atoms with Gasteiger partial charge in [0.1, 0.15) is 6.04 Å². The molecule has 1 fully saturated rings. The highest BCUT2D eigenvalue weighted by molar-refractivity contribution is 5.73. The number of aliphatic carboxylic acids is 1. The Kier molecular flexibility index (Phi) is 11.9. The average molecular weight is 363 g/mol. The molecule has 3 unspecified atom stereocenters. The predicted octanol–water partition coefficient (Wildman–Crippen LogP) is -1.21. The molecule has 0 aliphatic carbocycles. The van der Waals surface area contributed by atoms with Gasteiger partial charge in [-0.05, 0) is 19.9 Å². The van der Waals surface area contributed by atoms with Gasteiger partial charge in [-0.1, -0.05) is 12.8 Å². The molecule has 0 aromatic heterocycles. The summed E-state index contributed by atoms with van der Waals surface area (Å²) in [4.78, 5) is 13.2. The number of hydrogen-bond donors (Lipinski definition) is 5. The summed E-state index contributed by atoms with van der Waals surface area (Å²) in [6, 6.07) is -0.809. The first-order chi connectivity index (χ1) is 12.1. The van der Waals surface area contributed by atoms with Gasteiger partial charge in [0.25, 0.3) is 0 Å². The highest BCUT2D eigenvalue weighted by Crippen LogP contribution is 2.16. The molecule has 0 aromatic carbocycles. The number of rotatable bonds is 13. The summed E-state index contributed by atoms with van der Waals surface area (Å²) in [5.74, 6) is -0.809. The molecule has 9 heteroatoms. The van der Waals surface area contributed by atoms with Crippen molar-refractivity contribution in [1.82, 2.24) is 15.5 Å². The number of aliphatic hydroxyl groups excluding tert-OH is 2. The maximum atomic E-state index is 11.4. The van der Waals surface area contributed by atoms with E-state index in [0.717, 1.165) is 19.3 Å². The molecular weight excluding hydrogens is 330 g/mol. The van der Waals surface area contributed by atoms with Crippen molar-refractivity contribution in [2.45, 2.75) is 43.9 Å². The first kappa shape index (κ1) is 22.2. The highest BCUT2D eigenvalue weighted by atomic mass is 16.5. The third-order valence-corrected chi connectivity index (χ3v) is 4.17. The van der Waals surface area contributed by atoms with E-state index < -0.39 is 18.1 Å². The summed E-state index contributed by atoms with van der Waals surface area (Å²) in [6.07, 6.45) is 3.00. The maximum absolute atomic E-state index is 11.4. The molecule has 1 aliphatic heterocycles. The van der Waals surface area contributed by atoms with Crippen LogP contribution in [-0.2, 0) is 14.3 Å². The van der Waals surface area contributed by atoms with Crippen LogP contribution in [0.1, 0.15) is 25.7 Å². The number of carbonyl (C=O) groups is 1.